The van der Waals surface area contributed by atoms with Gasteiger partial charge < -0.3 is 5.32 Å². The van der Waals surface area contributed by atoms with Crippen LogP contribution in [0.5, 0.6) is 0 Å². The van der Waals surface area contributed by atoms with Crippen molar-refractivity contribution in [1.29, 1.82) is 0 Å². The molecule has 2 nitrogen and oxygen atoms in total. The van der Waals surface area contributed by atoms with Gasteiger partial charge in [-0.05, 0) is 17.7 Å². The van der Waals surface area contributed by atoms with Crippen molar-refractivity contribution in [1.82, 2.24) is 0 Å². The van der Waals surface area contributed by atoms with E-state index in [-0.39, 0.29) is 10.8 Å². The maximum Gasteiger partial charge on any atom is 0.205 e. The lowest BCUT2D eigenvalue weighted by Gasteiger charge is -2.16. The Balaban J connectivity index is 2.50. The van der Waals surface area contributed by atoms with E-state index in [0.29, 0.717) is 5.56 Å². The molecule has 3 heteroatoms. The molecular formula is C14H10ClNO. The number of rotatable bonds is 1. The maximum absolute atomic E-state index is 12.0. The molecule has 0 saturated heterocycles. The van der Waals surface area contributed by atoms with Crippen LogP contribution in [0.15, 0.2) is 35.4 Å². The van der Waals surface area contributed by atoms with Gasteiger partial charge in [-0.1, -0.05) is 35.9 Å². The van der Waals surface area contributed by atoms with E-state index in [1.54, 1.807) is 6.08 Å². The minimum atomic E-state index is -0.0991. The molecule has 0 amide bonds. The quantitative estimate of drug-likeness (QED) is 0.828. The van der Waals surface area contributed by atoms with E-state index in [9.17, 15) is 4.79 Å². The van der Waals surface area contributed by atoms with Crippen molar-refractivity contribution < 1.29 is 4.79 Å². The molecule has 0 aliphatic heterocycles. The number of allylic oxidation sites excluding steroid dienone is 1. The standard InChI is InChI=1S/C14H10ClNO/c1-16-12-6-5-8-7-11(15)14(17)10-4-2-3-9(12)13(8)10/h2-7,16H,1H3. The highest BCUT2D eigenvalue weighted by atomic mass is 35.5. The van der Waals surface area contributed by atoms with Gasteiger partial charge in [0.05, 0.1) is 5.03 Å². The number of anilines is 1. The lowest BCUT2D eigenvalue weighted by atomic mass is 9.91. The van der Waals surface area contributed by atoms with Crippen molar-refractivity contribution in [2.75, 3.05) is 12.4 Å². The van der Waals surface area contributed by atoms with Gasteiger partial charge in [0.1, 0.15) is 0 Å². The lowest BCUT2D eigenvalue weighted by Crippen LogP contribution is -2.06. The minimum Gasteiger partial charge on any atom is -0.388 e. The molecule has 0 fully saturated rings. The van der Waals surface area contributed by atoms with E-state index in [4.69, 9.17) is 11.6 Å². The SMILES string of the molecule is CNc1ccc2c3c(cccc13)C(=O)C(Cl)=C2. The van der Waals surface area contributed by atoms with E-state index in [2.05, 4.69) is 5.32 Å². The maximum atomic E-state index is 12.0. The molecule has 1 N–H and O–H groups in total. The van der Waals surface area contributed by atoms with E-state index < -0.39 is 0 Å². The number of nitrogens with one attached hydrogen (secondary N) is 1. The van der Waals surface area contributed by atoms with Gasteiger partial charge in [0, 0.05) is 29.1 Å². The van der Waals surface area contributed by atoms with Gasteiger partial charge in [-0.15, -0.1) is 0 Å². The van der Waals surface area contributed by atoms with Crippen LogP contribution in [0.1, 0.15) is 15.9 Å². The van der Waals surface area contributed by atoms with E-state index >= 15 is 0 Å². The third kappa shape index (κ3) is 1.38. The molecule has 0 atom stereocenters. The average Bonchev–Trinajstić information content (AvgIpc) is 2.36. The summed E-state index contributed by atoms with van der Waals surface area (Å²) in [5, 5.41) is 5.45. The number of benzene rings is 2. The Labute approximate surface area is 104 Å². The number of halogens is 1. The van der Waals surface area contributed by atoms with E-state index in [1.165, 1.54) is 0 Å². The zero-order valence-corrected chi connectivity index (χ0v) is 10.0. The Morgan fingerprint density at radius 3 is 2.76 bits per heavy atom. The number of hydrogen-bond donors (Lipinski definition) is 1. The Kier molecular flexibility index (Phi) is 2.20. The number of carbonyl (C=O) groups is 1. The Morgan fingerprint density at radius 1 is 1.18 bits per heavy atom. The molecular weight excluding hydrogens is 234 g/mol. The van der Waals surface area contributed by atoms with Crippen molar-refractivity contribution in [3.8, 4) is 0 Å². The molecule has 1 aliphatic carbocycles. The molecule has 0 bridgehead atoms. The zero-order valence-electron chi connectivity index (χ0n) is 9.25. The van der Waals surface area contributed by atoms with Crippen molar-refractivity contribution >= 4 is 39.9 Å². The van der Waals surface area contributed by atoms with Crippen LogP contribution in [0.4, 0.5) is 5.69 Å². The number of hydrogen-bond acceptors (Lipinski definition) is 2. The molecule has 0 heterocycles. The first-order valence-corrected chi connectivity index (χ1v) is 5.75. The van der Waals surface area contributed by atoms with Crippen LogP contribution in [0.2, 0.25) is 0 Å². The van der Waals surface area contributed by atoms with Crippen LogP contribution in [0, 0.1) is 0 Å². The molecule has 1 aliphatic rings. The van der Waals surface area contributed by atoms with E-state index in [1.807, 2.05) is 37.4 Å². The normalized spacial score (nSPS) is 13.8. The summed E-state index contributed by atoms with van der Waals surface area (Å²) in [5.41, 5.74) is 2.70. The van der Waals surface area contributed by atoms with Gasteiger partial charge in [0.15, 0.2) is 0 Å². The fourth-order valence-electron chi connectivity index (χ4n) is 2.29. The first-order valence-electron chi connectivity index (χ1n) is 5.38. The topological polar surface area (TPSA) is 29.1 Å². The van der Waals surface area contributed by atoms with Gasteiger partial charge in [-0.3, -0.25) is 4.79 Å². The molecule has 2 aromatic carbocycles. The molecule has 0 unspecified atom stereocenters. The van der Waals surface area contributed by atoms with Crippen LogP contribution in [0.3, 0.4) is 0 Å². The lowest BCUT2D eigenvalue weighted by molar-refractivity contribution is 0.104. The largest absolute Gasteiger partial charge is 0.388 e. The predicted molar refractivity (Wildman–Crippen MR) is 71.7 cm³/mol. The molecule has 0 aromatic heterocycles. The second-order valence-corrected chi connectivity index (χ2v) is 4.41. The van der Waals surface area contributed by atoms with Crippen LogP contribution >= 0.6 is 11.6 Å². The van der Waals surface area contributed by atoms with Gasteiger partial charge in [-0.25, -0.2) is 0 Å². The fraction of sp³-hybridized carbons (Fsp3) is 0.0714. The van der Waals surface area contributed by atoms with Crippen molar-refractivity contribution in [3.63, 3.8) is 0 Å². The Hall–Kier alpha value is -1.80. The summed E-state index contributed by atoms with van der Waals surface area (Å²) < 4.78 is 0. The third-order valence-electron chi connectivity index (χ3n) is 3.09. The first kappa shape index (κ1) is 10.4. The van der Waals surface area contributed by atoms with Crippen molar-refractivity contribution in [2.45, 2.75) is 0 Å². The van der Waals surface area contributed by atoms with Crippen molar-refractivity contribution in [3.05, 3.63) is 46.5 Å². The highest BCUT2D eigenvalue weighted by Gasteiger charge is 2.21. The summed E-state index contributed by atoms with van der Waals surface area (Å²) in [6.07, 6.45) is 1.73. The van der Waals surface area contributed by atoms with Gasteiger partial charge in [-0.2, -0.15) is 0 Å². The predicted octanol–water partition coefficient (Wildman–Crippen LogP) is 3.66. The number of carbonyl (C=O) groups excluding carboxylic acids is 1. The smallest absolute Gasteiger partial charge is 0.205 e. The molecule has 0 spiro atoms. The second-order valence-electron chi connectivity index (χ2n) is 4.00. The highest BCUT2D eigenvalue weighted by Crippen LogP contribution is 2.35. The average molecular weight is 244 g/mol. The number of ketones is 1. The molecule has 0 radical (unpaired) electrons. The summed E-state index contributed by atoms with van der Waals surface area (Å²) in [7, 11) is 1.87. The van der Waals surface area contributed by atoms with Gasteiger partial charge in [0.2, 0.25) is 5.78 Å². The van der Waals surface area contributed by atoms with Crippen LogP contribution in [-0.4, -0.2) is 12.8 Å². The second kappa shape index (κ2) is 3.60. The summed E-state index contributed by atoms with van der Waals surface area (Å²) in [5.74, 6) is -0.0991. The van der Waals surface area contributed by atoms with Gasteiger partial charge in [0.25, 0.3) is 0 Å². The van der Waals surface area contributed by atoms with Gasteiger partial charge >= 0.3 is 0 Å². The molecule has 17 heavy (non-hydrogen) atoms. The summed E-state index contributed by atoms with van der Waals surface area (Å²) in [6.45, 7) is 0. The number of Topliss-reactive ketones (excluding diaryl/α,β-unsaturated/α-hetero) is 1. The highest BCUT2D eigenvalue weighted by molar-refractivity contribution is 6.49. The summed E-state index contributed by atoms with van der Waals surface area (Å²) in [4.78, 5) is 12.0. The molecule has 0 saturated carbocycles. The Bertz CT molecular complexity index is 673. The Morgan fingerprint density at radius 2 is 2.00 bits per heavy atom. The van der Waals surface area contributed by atoms with Crippen LogP contribution in [0.25, 0.3) is 16.8 Å². The fourth-order valence-corrected chi connectivity index (χ4v) is 2.51. The molecule has 3 rings (SSSR count). The summed E-state index contributed by atoms with van der Waals surface area (Å²) >= 11 is 5.95. The van der Waals surface area contributed by atoms with E-state index in [0.717, 1.165) is 22.0 Å². The zero-order chi connectivity index (χ0) is 12.0. The molecule has 2 aromatic rings. The van der Waals surface area contributed by atoms with Crippen LogP contribution in [-0.2, 0) is 0 Å². The first-order chi connectivity index (χ1) is 8.22. The third-order valence-corrected chi connectivity index (χ3v) is 3.37. The van der Waals surface area contributed by atoms with Crippen molar-refractivity contribution in [2.24, 2.45) is 0 Å². The molecule has 84 valence electrons. The summed E-state index contributed by atoms with van der Waals surface area (Å²) in [6, 6.07) is 9.69. The van der Waals surface area contributed by atoms with Crippen LogP contribution < -0.4 is 5.32 Å². The minimum absolute atomic E-state index is 0.0991. The monoisotopic (exact) mass is 243 g/mol.